The lowest BCUT2D eigenvalue weighted by atomic mass is 10.1. The van der Waals surface area contributed by atoms with E-state index in [4.69, 9.17) is 11.6 Å². The number of halogens is 1. The van der Waals surface area contributed by atoms with Crippen LogP contribution in [0.15, 0.2) is 42.5 Å². The van der Waals surface area contributed by atoms with Gasteiger partial charge in [-0.3, -0.25) is 4.79 Å². The van der Waals surface area contributed by atoms with Gasteiger partial charge in [-0.25, -0.2) is 0 Å². The first-order valence-electron chi connectivity index (χ1n) is 6.02. The molecule has 3 rings (SSSR count). The van der Waals surface area contributed by atoms with Crippen LogP contribution in [0.2, 0.25) is 5.02 Å². The molecule has 0 aliphatic carbocycles. The van der Waals surface area contributed by atoms with E-state index in [9.17, 15) is 4.79 Å². The van der Waals surface area contributed by atoms with E-state index in [1.807, 2.05) is 49.4 Å². The van der Waals surface area contributed by atoms with E-state index in [0.29, 0.717) is 10.6 Å². The minimum Gasteiger partial charge on any atom is -0.354 e. The van der Waals surface area contributed by atoms with E-state index in [-0.39, 0.29) is 0 Å². The molecule has 0 unspecified atom stereocenters. The van der Waals surface area contributed by atoms with Gasteiger partial charge in [0.15, 0.2) is 6.29 Å². The Hall–Kier alpha value is -2.06. The van der Waals surface area contributed by atoms with E-state index in [2.05, 4.69) is 4.98 Å². The molecule has 0 atom stereocenters. The molecule has 94 valence electrons. The van der Waals surface area contributed by atoms with Crippen LogP contribution in [0.4, 0.5) is 0 Å². The maximum absolute atomic E-state index is 11.4. The van der Waals surface area contributed by atoms with Crippen molar-refractivity contribution in [2.45, 2.75) is 6.92 Å². The van der Waals surface area contributed by atoms with Crippen molar-refractivity contribution in [2.24, 2.45) is 0 Å². The van der Waals surface area contributed by atoms with Crippen molar-refractivity contribution in [3.05, 3.63) is 58.6 Å². The van der Waals surface area contributed by atoms with E-state index < -0.39 is 0 Å². The number of rotatable bonds is 2. The summed E-state index contributed by atoms with van der Waals surface area (Å²) in [4.78, 5) is 14.7. The standard InChI is InChI=1S/C16H12ClNO/c1-10-2-7-15-13(8-10)14(9-19)16(18-15)11-3-5-12(17)6-4-11/h2-9,18H,1H3. The predicted octanol–water partition coefficient (Wildman–Crippen LogP) is 4.61. The Morgan fingerprint density at radius 1 is 1.11 bits per heavy atom. The number of hydrogen-bond donors (Lipinski definition) is 1. The summed E-state index contributed by atoms with van der Waals surface area (Å²) in [6, 6.07) is 13.5. The summed E-state index contributed by atoms with van der Waals surface area (Å²) in [5, 5.41) is 1.64. The van der Waals surface area contributed by atoms with Crippen LogP contribution < -0.4 is 0 Å². The zero-order valence-electron chi connectivity index (χ0n) is 10.4. The third-order valence-electron chi connectivity index (χ3n) is 3.24. The highest BCUT2D eigenvalue weighted by Crippen LogP contribution is 2.30. The molecule has 2 nitrogen and oxygen atoms in total. The lowest BCUT2D eigenvalue weighted by Gasteiger charge is -1.99. The fourth-order valence-electron chi connectivity index (χ4n) is 2.29. The molecule has 0 bridgehead atoms. The molecule has 0 radical (unpaired) electrons. The van der Waals surface area contributed by atoms with Gasteiger partial charge in [0.1, 0.15) is 0 Å². The van der Waals surface area contributed by atoms with Crippen LogP contribution in [-0.4, -0.2) is 11.3 Å². The Bertz CT molecular complexity index is 756. The van der Waals surface area contributed by atoms with Gasteiger partial charge in [0.05, 0.1) is 5.69 Å². The summed E-state index contributed by atoms with van der Waals surface area (Å²) in [5.41, 5.74) is 4.60. The van der Waals surface area contributed by atoms with Gasteiger partial charge in [-0.05, 0) is 36.8 Å². The van der Waals surface area contributed by atoms with Crippen LogP contribution in [0.3, 0.4) is 0 Å². The van der Waals surface area contributed by atoms with Crippen molar-refractivity contribution >= 4 is 28.8 Å². The zero-order chi connectivity index (χ0) is 13.4. The minimum absolute atomic E-state index is 0.684. The number of fused-ring (bicyclic) bond motifs is 1. The molecule has 1 aromatic heterocycles. The highest BCUT2D eigenvalue weighted by molar-refractivity contribution is 6.30. The van der Waals surface area contributed by atoms with Crippen LogP contribution in [0, 0.1) is 6.92 Å². The summed E-state index contributed by atoms with van der Waals surface area (Å²) >= 11 is 5.89. The molecule has 1 heterocycles. The molecule has 2 aromatic carbocycles. The fourth-order valence-corrected chi connectivity index (χ4v) is 2.42. The van der Waals surface area contributed by atoms with Crippen molar-refractivity contribution < 1.29 is 4.79 Å². The van der Waals surface area contributed by atoms with Gasteiger partial charge in [-0.2, -0.15) is 0 Å². The van der Waals surface area contributed by atoms with E-state index in [1.165, 1.54) is 0 Å². The van der Waals surface area contributed by atoms with Gasteiger partial charge >= 0.3 is 0 Å². The van der Waals surface area contributed by atoms with Gasteiger partial charge in [-0.15, -0.1) is 0 Å². The number of benzene rings is 2. The van der Waals surface area contributed by atoms with Crippen molar-refractivity contribution in [2.75, 3.05) is 0 Å². The summed E-state index contributed by atoms with van der Waals surface area (Å²) in [7, 11) is 0. The van der Waals surface area contributed by atoms with Gasteiger partial charge in [0.2, 0.25) is 0 Å². The second-order valence-corrected chi connectivity index (χ2v) is 5.02. The Morgan fingerprint density at radius 3 is 2.53 bits per heavy atom. The fraction of sp³-hybridized carbons (Fsp3) is 0.0625. The average molecular weight is 270 g/mol. The van der Waals surface area contributed by atoms with Gasteiger partial charge in [-0.1, -0.05) is 35.4 Å². The number of H-pyrrole nitrogens is 1. The molecule has 0 saturated heterocycles. The number of aryl methyl sites for hydroxylation is 1. The molecule has 0 amide bonds. The Balaban J connectivity index is 2.28. The van der Waals surface area contributed by atoms with Crippen LogP contribution in [0.1, 0.15) is 15.9 Å². The maximum atomic E-state index is 11.4. The molecule has 3 aromatic rings. The van der Waals surface area contributed by atoms with Gasteiger partial charge in [0, 0.05) is 21.5 Å². The Labute approximate surface area is 116 Å². The molecule has 0 aliphatic rings. The largest absolute Gasteiger partial charge is 0.354 e. The van der Waals surface area contributed by atoms with Crippen molar-refractivity contribution in [3.8, 4) is 11.3 Å². The number of carbonyl (C=O) groups excluding carboxylic acids is 1. The van der Waals surface area contributed by atoms with Crippen LogP contribution in [-0.2, 0) is 0 Å². The van der Waals surface area contributed by atoms with Crippen LogP contribution >= 0.6 is 11.6 Å². The number of aromatic amines is 1. The second-order valence-electron chi connectivity index (χ2n) is 4.59. The Morgan fingerprint density at radius 2 is 1.84 bits per heavy atom. The monoisotopic (exact) mass is 269 g/mol. The van der Waals surface area contributed by atoms with Crippen molar-refractivity contribution in [3.63, 3.8) is 0 Å². The number of nitrogens with one attached hydrogen (secondary N) is 1. The van der Waals surface area contributed by atoms with E-state index in [0.717, 1.165) is 34.0 Å². The second kappa shape index (κ2) is 4.56. The molecule has 19 heavy (non-hydrogen) atoms. The molecular weight excluding hydrogens is 258 g/mol. The summed E-state index contributed by atoms with van der Waals surface area (Å²) in [5.74, 6) is 0. The lowest BCUT2D eigenvalue weighted by molar-refractivity contribution is 0.112. The first kappa shape index (κ1) is 12.0. The molecule has 0 saturated carbocycles. The summed E-state index contributed by atoms with van der Waals surface area (Å²) in [6.07, 6.45) is 0.905. The average Bonchev–Trinajstić information content (AvgIpc) is 2.77. The number of aldehydes is 1. The van der Waals surface area contributed by atoms with Crippen LogP contribution in [0.5, 0.6) is 0 Å². The minimum atomic E-state index is 0.684. The van der Waals surface area contributed by atoms with Crippen molar-refractivity contribution in [1.29, 1.82) is 0 Å². The molecule has 3 heteroatoms. The summed E-state index contributed by atoms with van der Waals surface area (Å²) < 4.78 is 0. The zero-order valence-corrected chi connectivity index (χ0v) is 11.2. The van der Waals surface area contributed by atoms with Gasteiger partial charge < -0.3 is 4.98 Å². The number of hydrogen-bond acceptors (Lipinski definition) is 1. The smallest absolute Gasteiger partial charge is 0.152 e. The highest BCUT2D eigenvalue weighted by Gasteiger charge is 2.12. The lowest BCUT2D eigenvalue weighted by Crippen LogP contribution is -1.84. The van der Waals surface area contributed by atoms with Gasteiger partial charge in [0.25, 0.3) is 0 Å². The third kappa shape index (κ3) is 2.04. The van der Waals surface area contributed by atoms with E-state index in [1.54, 1.807) is 0 Å². The first-order chi connectivity index (χ1) is 9.19. The van der Waals surface area contributed by atoms with E-state index >= 15 is 0 Å². The molecule has 0 aliphatic heterocycles. The molecular formula is C16H12ClNO. The number of aromatic nitrogens is 1. The third-order valence-corrected chi connectivity index (χ3v) is 3.50. The summed E-state index contributed by atoms with van der Waals surface area (Å²) in [6.45, 7) is 2.02. The molecule has 0 spiro atoms. The van der Waals surface area contributed by atoms with Crippen LogP contribution in [0.25, 0.3) is 22.2 Å². The topological polar surface area (TPSA) is 32.9 Å². The quantitative estimate of drug-likeness (QED) is 0.677. The predicted molar refractivity (Wildman–Crippen MR) is 78.9 cm³/mol. The molecule has 1 N–H and O–H groups in total. The highest BCUT2D eigenvalue weighted by atomic mass is 35.5. The Kier molecular flexibility index (Phi) is 2.88. The molecule has 0 fully saturated rings. The normalized spacial score (nSPS) is 10.8. The van der Waals surface area contributed by atoms with Crippen molar-refractivity contribution in [1.82, 2.24) is 4.98 Å². The SMILES string of the molecule is Cc1ccc2[nH]c(-c3ccc(Cl)cc3)c(C=O)c2c1. The number of carbonyl (C=O) groups is 1. The first-order valence-corrected chi connectivity index (χ1v) is 6.40. The maximum Gasteiger partial charge on any atom is 0.152 e.